The molecule has 3 aromatic carbocycles. The number of rotatable bonds is 11. The number of aliphatic imine (C=N–C) groups is 1. The molecule has 0 aliphatic carbocycles. The lowest BCUT2D eigenvalue weighted by atomic mass is 9.65. The summed E-state index contributed by atoms with van der Waals surface area (Å²) in [6.45, 7) is 16.9. The van der Waals surface area contributed by atoms with Crippen molar-refractivity contribution in [2.75, 3.05) is 51.3 Å². The van der Waals surface area contributed by atoms with E-state index in [-0.39, 0.29) is 11.4 Å². The van der Waals surface area contributed by atoms with Crippen LogP contribution in [0.4, 0.5) is 4.79 Å². The van der Waals surface area contributed by atoms with Crippen LogP contribution in [0.25, 0.3) is 0 Å². The molecule has 1 fully saturated rings. The molecule has 3 aromatic rings. The Morgan fingerprint density at radius 2 is 1.50 bits per heavy atom. The van der Waals surface area contributed by atoms with Crippen molar-refractivity contribution in [3.63, 3.8) is 0 Å². The minimum absolute atomic E-state index is 0.0819. The molecule has 2 aliphatic heterocycles. The number of hydrogen-bond acceptors (Lipinski definition) is 5. The Balaban J connectivity index is 1.73. The molecular weight excluding hydrogens is 687 g/mol. The molecule has 0 radical (unpaired) electrons. The van der Waals surface area contributed by atoms with Gasteiger partial charge in [0.15, 0.2) is 0 Å². The van der Waals surface area contributed by atoms with Crippen molar-refractivity contribution in [3.8, 4) is 5.75 Å². The molecule has 0 saturated carbocycles. The van der Waals surface area contributed by atoms with Gasteiger partial charge in [-0.15, -0.1) is 0 Å². The van der Waals surface area contributed by atoms with Crippen molar-refractivity contribution >= 4 is 46.2 Å². The van der Waals surface area contributed by atoms with Crippen LogP contribution in [0.15, 0.2) is 71.7 Å². The Bertz CT molecular complexity index is 1650. The third kappa shape index (κ3) is 7.42. The number of carbonyl (C=O) groups is 1. The first kappa shape index (κ1) is 38.5. The summed E-state index contributed by atoms with van der Waals surface area (Å²) < 4.78 is 18.1. The second-order valence-corrected chi connectivity index (χ2v) is 16.8. The van der Waals surface area contributed by atoms with Crippen LogP contribution in [-0.2, 0) is 27.7 Å². The highest BCUT2D eigenvalue weighted by atomic mass is 35.5. The number of benzene rings is 3. The van der Waals surface area contributed by atoms with Gasteiger partial charge in [-0.2, -0.15) is 0 Å². The van der Waals surface area contributed by atoms with Gasteiger partial charge >= 0.3 is 6.03 Å². The van der Waals surface area contributed by atoms with E-state index < -0.39 is 22.3 Å². The van der Waals surface area contributed by atoms with Gasteiger partial charge in [0.25, 0.3) is 0 Å². The molecular formula is C40H52Cl2N4O3S. The fraction of sp³-hybridized carbons (Fsp3) is 0.500. The summed E-state index contributed by atoms with van der Waals surface area (Å²) in [4.78, 5) is 27.5. The summed E-state index contributed by atoms with van der Waals surface area (Å²) in [5.41, 5.74) is 1.99. The van der Waals surface area contributed by atoms with E-state index in [0.29, 0.717) is 59.9 Å². The van der Waals surface area contributed by atoms with Crippen molar-refractivity contribution < 1.29 is 14.1 Å². The fourth-order valence-electron chi connectivity index (χ4n) is 7.72. The van der Waals surface area contributed by atoms with Gasteiger partial charge in [-0.05, 0) is 78.3 Å². The van der Waals surface area contributed by atoms with Gasteiger partial charge in [-0.1, -0.05) is 99.3 Å². The summed E-state index contributed by atoms with van der Waals surface area (Å²) in [6.07, 6.45) is 3.83. The quantitative estimate of drug-likeness (QED) is 0.184. The average molecular weight is 740 g/mol. The normalized spacial score (nSPS) is 22.1. The largest absolute Gasteiger partial charge is 0.617 e. The molecule has 10 heteroatoms. The van der Waals surface area contributed by atoms with Crippen LogP contribution in [0, 0.1) is 0 Å². The Morgan fingerprint density at radius 1 is 0.900 bits per heavy atom. The number of hydrogen-bond donors (Lipinski definition) is 0. The molecule has 2 amide bonds. The molecule has 2 aliphatic rings. The number of amides is 2. The SMILES string of the molecule is CCOc1cc(C(C)(C)C)ccc1C1=N[C@@](CC)(c2ccc(Cl)cc2)[C@@](CC)(c2ccc(Cl)cc2)N1C(=O)N1CCN(CCC[S+](C)[O-])CC1. The van der Waals surface area contributed by atoms with Gasteiger partial charge in [0.1, 0.15) is 28.4 Å². The molecule has 0 spiro atoms. The van der Waals surface area contributed by atoms with Crippen LogP contribution in [0.3, 0.4) is 0 Å². The zero-order valence-electron chi connectivity index (χ0n) is 30.6. The van der Waals surface area contributed by atoms with Gasteiger partial charge < -0.3 is 14.2 Å². The van der Waals surface area contributed by atoms with Crippen molar-refractivity contribution in [2.24, 2.45) is 4.99 Å². The maximum Gasteiger partial charge on any atom is 0.326 e. The van der Waals surface area contributed by atoms with E-state index in [1.165, 1.54) is 0 Å². The van der Waals surface area contributed by atoms with Gasteiger partial charge in [0.2, 0.25) is 0 Å². The minimum atomic E-state index is -0.916. The topological polar surface area (TPSA) is 71.4 Å². The van der Waals surface area contributed by atoms with Gasteiger partial charge in [0.05, 0.1) is 18.4 Å². The predicted octanol–water partition coefficient (Wildman–Crippen LogP) is 8.87. The third-order valence-electron chi connectivity index (χ3n) is 10.4. The maximum atomic E-state index is 15.4. The number of urea groups is 1. The second-order valence-electron chi connectivity index (χ2n) is 14.3. The second kappa shape index (κ2) is 15.9. The molecule has 7 nitrogen and oxygen atoms in total. The number of piperazine rings is 1. The highest BCUT2D eigenvalue weighted by Gasteiger charge is 2.63. The first-order chi connectivity index (χ1) is 23.8. The minimum Gasteiger partial charge on any atom is -0.617 e. The lowest BCUT2D eigenvalue weighted by molar-refractivity contribution is 0.0680. The van der Waals surface area contributed by atoms with Crippen molar-refractivity contribution in [1.29, 1.82) is 0 Å². The Hall–Kier alpha value is -2.75. The first-order valence-corrected chi connectivity index (χ1v) is 20.3. The molecule has 1 unspecified atom stereocenters. The molecule has 1 saturated heterocycles. The number of halogens is 2. The van der Waals surface area contributed by atoms with Gasteiger partial charge in [-0.25, -0.2) is 4.79 Å². The summed E-state index contributed by atoms with van der Waals surface area (Å²) >= 11 is 12.1. The van der Waals surface area contributed by atoms with E-state index in [9.17, 15) is 4.55 Å². The first-order valence-electron chi connectivity index (χ1n) is 17.8. The Labute approximate surface area is 312 Å². The molecule has 0 bridgehead atoms. The van der Waals surface area contributed by atoms with Crippen molar-refractivity contribution in [3.05, 3.63) is 99.0 Å². The molecule has 270 valence electrons. The Kier molecular flexibility index (Phi) is 12.2. The smallest absolute Gasteiger partial charge is 0.326 e. The lowest BCUT2D eigenvalue weighted by Gasteiger charge is -2.50. The summed E-state index contributed by atoms with van der Waals surface area (Å²) in [5, 5.41) is 1.27. The van der Waals surface area contributed by atoms with Crippen LogP contribution in [-0.4, -0.2) is 82.5 Å². The predicted molar refractivity (Wildman–Crippen MR) is 208 cm³/mol. The van der Waals surface area contributed by atoms with Crippen LogP contribution < -0.4 is 4.74 Å². The zero-order valence-corrected chi connectivity index (χ0v) is 32.9. The number of nitrogens with zero attached hydrogens (tertiary/aromatic N) is 4. The van der Waals surface area contributed by atoms with Crippen molar-refractivity contribution in [2.45, 2.75) is 77.3 Å². The van der Waals surface area contributed by atoms with Gasteiger partial charge in [-0.3, -0.25) is 14.8 Å². The van der Waals surface area contributed by atoms with Crippen LogP contribution in [0.1, 0.15) is 83.1 Å². The van der Waals surface area contributed by atoms with Crippen LogP contribution >= 0.6 is 23.2 Å². The molecule has 5 rings (SSSR count). The van der Waals surface area contributed by atoms with Crippen LogP contribution in [0.5, 0.6) is 5.75 Å². The van der Waals surface area contributed by atoms with E-state index >= 15 is 4.79 Å². The number of amidine groups is 1. The molecule has 0 aromatic heterocycles. The standard InChI is InChI=1S/C40H52Cl2N4O3S/c1-8-39(29-12-17-32(41)18-13-29)40(9-2,30-14-19-33(42)20-15-30)46(37(47)45-25-23-44(24-26-45)22-11-27-50(7)48)36(43-39)34-21-16-31(38(4,5)6)28-35(34)49-10-3/h12-21,28H,8-11,22-27H2,1-7H3/t39-,40+,50?/m0/s1. The highest BCUT2D eigenvalue weighted by Crippen LogP contribution is 2.58. The Morgan fingerprint density at radius 3 is 2.02 bits per heavy atom. The molecule has 50 heavy (non-hydrogen) atoms. The zero-order chi connectivity index (χ0) is 36.3. The molecule has 0 N–H and O–H groups in total. The summed E-state index contributed by atoms with van der Waals surface area (Å²) in [5.74, 6) is 1.99. The summed E-state index contributed by atoms with van der Waals surface area (Å²) in [7, 11) is 0. The van der Waals surface area contributed by atoms with E-state index in [1.54, 1.807) is 6.26 Å². The molecule has 3 atom stereocenters. The lowest BCUT2D eigenvalue weighted by Crippen LogP contribution is -2.62. The van der Waals surface area contributed by atoms with E-state index in [4.69, 9.17) is 32.9 Å². The van der Waals surface area contributed by atoms with E-state index in [1.807, 2.05) is 53.1 Å². The van der Waals surface area contributed by atoms with E-state index in [2.05, 4.69) is 69.9 Å². The van der Waals surface area contributed by atoms with E-state index in [0.717, 1.165) is 48.3 Å². The highest BCUT2D eigenvalue weighted by molar-refractivity contribution is 7.90. The number of carbonyl (C=O) groups excluding carboxylic acids is 1. The average Bonchev–Trinajstić information content (AvgIpc) is 3.40. The van der Waals surface area contributed by atoms with Crippen LogP contribution in [0.2, 0.25) is 10.0 Å². The maximum absolute atomic E-state index is 15.4. The molecule has 2 heterocycles. The monoisotopic (exact) mass is 738 g/mol. The number of ether oxygens (including phenoxy) is 1. The third-order valence-corrected chi connectivity index (χ3v) is 11.7. The van der Waals surface area contributed by atoms with Gasteiger partial charge in [0, 0.05) is 49.2 Å². The summed E-state index contributed by atoms with van der Waals surface area (Å²) in [6, 6.07) is 22.1. The van der Waals surface area contributed by atoms with Crippen molar-refractivity contribution in [1.82, 2.24) is 14.7 Å². The fourth-order valence-corrected chi connectivity index (χ4v) is 8.51.